The number of nitro benzene ring substituents is 1. The molecule has 0 saturated heterocycles. The van der Waals surface area contributed by atoms with Gasteiger partial charge < -0.3 is 0 Å². The van der Waals surface area contributed by atoms with Crippen LogP contribution in [0.15, 0.2) is 86.3 Å². The van der Waals surface area contributed by atoms with Gasteiger partial charge in [0, 0.05) is 32.0 Å². The first-order chi connectivity index (χ1) is 14.7. The van der Waals surface area contributed by atoms with E-state index in [4.69, 9.17) is 23.2 Å². The van der Waals surface area contributed by atoms with Gasteiger partial charge in [0.1, 0.15) is 11.0 Å². The lowest BCUT2D eigenvalue weighted by Gasteiger charge is -2.08. The number of sulfone groups is 1. The summed E-state index contributed by atoms with van der Waals surface area (Å²) in [6.45, 7) is 0. The van der Waals surface area contributed by atoms with E-state index >= 15 is 0 Å². The summed E-state index contributed by atoms with van der Waals surface area (Å²) < 4.78 is 25.8. The Kier molecular flexibility index (Phi) is 7.03. The number of non-ortho nitro benzene ring substituents is 1. The van der Waals surface area contributed by atoms with Crippen molar-refractivity contribution in [2.75, 3.05) is 0 Å². The van der Waals surface area contributed by atoms with Gasteiger partial charge in [0.2, 0.25) is 9.84 Å². The molecular formula is C21H12Cl2N2O4S2. The Labute approximate surface area is 192 Å². The predicted molar refractivity (Wildman–Crippen MR) is 121 cm³/mol. The Morgan fingerprint density at radius 1 is 1.00 bits per heavy atom. The van der Waals surface area contributed by atoms with E-state index in [1.54, 1.807) is 30.3 Å². The Balaban J connectivity index is 2.11. The molecule has 0 amide bonds. The number of hydrogen-bond donors (Lipinski definition) is 0. The molecule has 0 atom stereocenters. The van der Waals surface area contributed by atoms with Crippen molar-refractivity contribution in [3.8, 4) is 6.07 Å². The summed E-state index contributed by atoms with van der Waals surface area (Å²) in [6.07, 6.45) is 1.13. The molecule has 0 saturated carbocycles. The summed E-state index contributed by atoms with van der Waals surface area (Å²) in [7, 11) is -4.15. The molecule has 0 aliphatic carbocycles. The van der Waals surface area contributed by atoms with Crippen LogP contribution in [0.3, 0.4) is 0 Å². The highest BCUT2D eigenvalue weighted by molar-refractivity contribution is 7.99. The normalized spacial score (nSPS) is 11.7. The molecular weight excluding hydrogens is 479 g/mol. The first-order valence-electron chi connectivity index (χ1n) is 8.55. The van der Waals surface area contributed by atoms with Gasteiger partial charge in [-0.05, 0) is 66.2 Å². The summed E-state index contributed by atoms with van der Waals surface area (Å²) in [5.74, 6) is 0. The van der Waals surface area contributed by atoms with E-state index in [2.05, 4.69) is 0 Å². The minimum atomic E-state index is -4.15. The topological polar surface area (TPSA) is 101 Å². The molecule has 0 fully saturated rings. The van der Waals surface area contributed by atoms with Gasteiger partial charge in [0.25, 0.3) is 5.69 Å². The molecule has 6 nitrogen and oxygen atoms in total. The first-order valence-corrected chi connectivity index (χ1v) is 11.6. The third-order valence-corrected chi connectivity index (χ3v) is 7.34. The highest BCUT2D eigenvalue weighted by Crippen LogP contribution is 2.35. The van der Waals surface area contributed by atoms with Crippen molar-refractivity contribution in [2.45, 2.75) is 14.7 Å². The summed E-state index contributed by atoms with van der Waals surface area (Å²) in [6, 6.07) is 18.0. The van der Waals surface area contributed by atoms with Crippen LogP contribution in [-0.4, -0.2) is 13.3 Å². The van der Waals surface area contributed by atoms with Gasteiger partial charge in [-0.1, -0.05) is 35.0 Å². The number of hydrogen-bond acceptors (Lipinski definition) is 6. The zero-order valence-corrected chi connectivity index (χ0v) is 18.7. The monoisotopic (exact) mass is 490 g/mol. The van der Waals surface area contributed by atoms with Crippen molar-refractivity contribution in [3.63, 3.8) is 0 Å². The second kappa shape index (κ2) is 9.54. The maximum atomic E-state index is 12.9. The van der Waals surface area contributed by atoms with Gasteiger partial charge in [0.15, 0.2) is 0 Å². The van der Waals surface area contributed by atoms with E-state index in [1.807, 2.05) is 0 Å². The number of halogens is 2. The van der Waals surface area contributed by atoms with Crippen LogP contribution >= 0.6 is 35.0 Å². The maximum Gasteiger partial charge on any atom is 0.270 e. The minimum absolute atomic E-state index is 0.109. The fraction of sp³-hybridized carbons (Fsp3) is 0. The Morgan fingerprint density at radius 2 is 1.58 bits per heavy atom. The first kappa shape index (κ1) is 22.8. The van der Waals surface area contributed by atoms with Crippen LogP contribution in [0.1, 0.15) is 5.56 Å². The molecule has 10 heteroatoms. The van der Waals surface area contributed by atoms with Crippen LogP contribution in [-0.2, 0) is 9.84 Å². The molecule has 0 spiro atoms. The fourth-order valence-electron chi connectivity index (χ4n) is 2.54. The van der Waals surface area contributed by atoms with E-state index in [9.17, 15) is 23.8 Å². The van der Waals surface area contributed by atoms with Crippen molar-refractivity contribution in [1.29, 1.82) is 5.26 Å². The quantitative estimate of drug-likeness (QED) is 0.225. The molecule has 0 N–H and O–H groups in total. The lowest BCUT2D eigenvalue weighted by atomic mass is 10.2. The van der Waals surface area contributed by atoms with Crippen LogP contribution < -0.4 is 0 Å². The van der Waals surface area contributed by atoms with Gasteiger partial charge >= 0.3 is 0 Å². The van der Waals surface area contributed by atoms with E-state index < -0.39 is 19.7 Å². The van der Waals surface area contributed by atoms with Gasteiger partial charge in [-0.2, -0.15) is 5.26 Å². The van der Waals surface area contributed by atoms with Gasteiger partial charge in [0.05, 0.1) is 9.82 Å². The van der Waals surface area contributed by atoms with Gasteiger partial charge in [-0.15, -0.1) is 0 Å². The number of benzene rings is 3. The average Bonchev–Trinajstić information content (AvgIpc) is 2.74. The number of allylic oxidation sites excluding steroid dienone is 1. The Hall–Kier alpha value is -2.83. The third-order valence-electron chi connectivity index (χ3n) is 4.06. The van der Waals surface area contributed by atoms with Crippen LogP contribution in [0.5, 0.6) is 0 Å². The van der Waals surface area contributed by atoms with Crippen molar-refractivity contribution in [2.24, 2.45) is 0 Å². The molecule has 0 aliphatic rings. The Bertz CT molecular complexity index is 1310. The van der Waals surface area contributed by atoms with Gasteiger partial charge in [-0.3, -0.25) is 10.1 Å². The number of nitrogens with zero attached hydrogens (tertiary/aromatic N) is 2. The minimum Gasteiger partial charge on any atom is -0.258 e. The highest BCUT2D eigenvalue weighted by atomic mass is 35.5. The highest BCUT2D eigenvalue weighted by Gasteiger charge is 2.22. The van der Waals surface area contributed by atoms with E-state index in [0.29, 0.717) is 14.9 Å². The van der Waals surface area contributed by atoms with E-state index in [0.717, 1.165) is 11.0 Å². The second-order valence-electron chi connectivity index (χ2n) is 6.11. The molecule has 0 aromatic heterocycles. The van der Waals surface area contributed by atoms with Crippen molar-refractivity contribution in [3.05, 3.63) is 97.4 Å². The SMILES string of the molecule is N#C/C(=C\c1cc([N+](=O)[O-])ccc1Sc1ccc(Cl)cc1)S(=O)(=O)c1ccc(Cl)cc1. The molecule has 31 heavy (non-hydrogen) atoms. The van der Waals surface area contributed by atoms with Crippen molar-refractivity contribution in [1.82, 2.24) is 0 Å². The Morgan fingerprint density at radius 3 is 2.13 bits per heavy atom. The molecule has 3 aromatic rings. The zero-order valence-electron chi connectivity index (χ0n) is 15.5. The molecule has 156 valence electrons. The fourth-order valence-corrected chi connectivity index (χ4v) is 4.84. The summed E-state index contributed by atoms with van der Waals surface area (Å²) in [5.41, 5.74) is -0.00359. The van der Waals surface area contributed by atoms with Crippen LogP contribution in [0.4, 0.5) is 5.69 Å². The van der Waals surface area contributed by atoms with Crippen LogP contribution in [0, 0.1) is 21.4 Å². The van der Waals surface area contributed by atoms with Crippen LogP contribution in [0.25, 0.3) is 6.08 Å². The lowest BCUT2D eigenvalue weighted by molar-refractivity contribution is -0.384. The maximum absolute atomic E-state index is 12.9. The molecule has 3 rings (SSSR count). The second-order valence-corrected chi connectivity index (χ2v) is 10.0. The third kappa shape index (κ3) is 5.46. The van der Waals surface area contributed by atoms with Crippen molar-refractivity contribution < 1.29 is 13.3 Å². The van der Waals surface area contributed by atoms with Crippen molar-refractivity contribution >= 4 is 56.6 Å². The molecule has 0 unspecified atom stereocenters. The largest absolute Gasteiger partial charge is 0.270 e. The predicted octanol–water partition coefficient (Wildman–Crippen LogP) is 6.39. The standard InChI is InChI=1S/C21H12Cl2N2O4S2/c22-15-1-6-18(7-2-15)30-21-10-5-17(25(26)27)11-14(21)12-20(13-24)31(28,29)19-8-3-16(23)4-9-19/h1-12H/b20-12+. The molecule has 0 heterocycles. The summed E-state index contributed by atoms with van der Waals surface area (Å²) >= 11 is 13.0. The average molecular weight is 491 g/mol. The van der Waals surface area contributed by atoms with Gasteiger partial charge in [-0.25, -0.2) is 8.42 Å². The molecule has 3 aromatic carbocycles. The van der Waals surface area contributed by atoms with Crippen LogP contribution in [0.2, 0.25) is 10.0 Å². The number of rotatable bonds is 6. The summed E-state index contributed by atoms with van der Waals surface area (Å²) in [5, 5.41) is 21.7. The number of nitriles is 1. The molecule has 0 aliphatic heterocycles. The van der Waals surface area contributed by atoms with E-state index in [1.165, 1.54) is 54.2 Å². The summed E-state index contributed by atoms with van der Waals surface area (Å²) in [4.78, 5) is 11.3. The zero-order chi connectivity index (χ0) is 22.6. The molecule has 0 radical (unpaired) electrons. The lowest BCUT2D eigenvalue weighted by Crippen LogP contribution is -2.03. The number of nitro groups is 1. The van der Waals surface area contributed by atoms with E-state index in [-0.39, 0.29) is 16.1 Å². The smallest absolute Gasteiger partial charge is 0.258 e. The molecule has 0 bridgehead atoms.